The number of primary amides is 1. The zero-order chi connectivity index (χ0) is 32.1. The highest BCUT2D eigenvalue weighted by atomic mass is 32.1. The van der Waals surface area contributed by atoms with Crippen LogP contribution in [0.2, 0.25) is 0 Å². The molecular formula is C29H42N8O6S. The predicted octanol–water partition coefficient (Wildman–Crippen LogP) is 2.78. The second-order valence-electron chi connectivity index (χ2n) is 12.5. The van der Waals surface area contributed by atoms with Gasteiger partial charge in [0.1, 0.15) is 28.8 Å². The number of esters is 1. The molecule has 44 heavy (non-hydrogen) atoms. The third-order valence-electron chi connectivity index (χ3n) is 7.66. The molecule has 2 aliphatic rings. The van der Waals surface area contributed by atoms with Crippen LogP contribution in [0, 0.1) is 5.41 Å². The van der Waals surface area contributed by atoms with Crippen molar-refractivity contribution in [3.05, 3.63) is 23.7 Å². The van der Waals surface area contributed by atoms with Crippen molar-refractivity contribution in [1.29, 1.82) is 0 Å². The Morgan fingerprint density at radius 2 is 1.98 bits per heavy atom. The molecule has 0 aromatic carbocycles. The van der Waals surface area contributed by atoms with Gasteiger partial charge in [0.25, 0.3) is 5.91 Å². The number of nitrogens with zero attached hydrogens (tertiary/aromatic N) is 5. The van der Waals surface area contributed by atoms with Crippen molar-refractivity contribution >= 4 is 52.4 Å². The Bertz CT molecular complexity index is 1350. The van der Waals surface area contributed by atoms with Gasteiger partial charge >= 0.3 is 12.1 Å². The van der Waals surface area contributed by atoms with Crippen LogP contribution in [0.25, 0.3) is 0 Å². The monoisotopic (exact) mass is 630 g/mol. The molecule has 0 bridgehead atoms. The zero-order valence-corrected chi connectivity index (χ0v) is 26.5. The van der Waals surface area contributed by atoms with E-state index in [4.69, 9.17) is 20.9 Å². The summed E-state index contributed by atoms with van der Waals surface area (Å²) in [4.78, 5) is 61.8. The average molecular weight is 631 g/mol. The Labute approximate surface area is 261 Å². The Balaban J connectivity index is 1.37. The summed E-state index contributed by atoms with van der Waals surface area (Å²) in [7, 11) is 0. The zero-order valence-electron chi connectivity index (χ0n) is 25.7. The van der Waals surface area contributed by atoms with E-state index >= 15 is 0 Å². The molecule has 2 atom stereocenters. The Hall–Kier alpha value is -3.85. The standard InChI is InChI=1S/C29H42N8O6S/c1-18(42-26(40)29(9-13-38)7-11-36(12-8-29)27(41)43-28(2,3)4)14-20-15-22(44-35-20)34-25-23(24(31)39)32-16-21(33-25)37-10-5-6-19(30)17-37/h13,15-16,18-19H,5-12,14,17,30H2,1-4H3,(H2,31,39)(H,33,34). The van der Waals surface area contributed by atoms with Crippen molar-refractivity contribution < 1.29 is 28.7 Å². The highest BCUT2D eigenvalue weighted by molar-refractivity contribution is 7.10. The maximum atomic E-state index is 13.3. The molecular weight excluding hydrogens is 588 g/mol. The Morgan fingerprint density at radius 1 is 1.25 bits per heavy atom. The lowest BCUT2D eigenvalue weighted by Crippen LogP contribution is -2.49. The number of carbonyl (C=O) groups is 4. The van der Waals surface area contributed by atoms with Crippen molar-refractivity contribution in [1.82, 2.24) is 19.2 Å². The molecule has 2 amide bonds. The molecule has 2 aliphatic heterocycles. The quantitative estimate of drug-likeness (QED) is 0.257. The summed E-state index contributed by atoms with van der Waals surface area (Å²) in [6, 6.07) is 1.82. The third-order valence-corrected chi connectivity index (χ3v) is 8.40. The fraction of sp³-hybridized carbons (Fsp3) is 0.621. The molecule has 0 saturated carbocycles. The van der Waals surface area contributed by atoms with Gasteiger partial charge < -0.3 is 40.9 Å². The molecule has 2 saturated heterocycles. The number of likely N-dealkylation sites (tertiary alicyclic amines) is 1. The van der Waals surface area contributed by atoms with E-state index in [2.05, 4.69) is 19.7 Å². The van der Waals surface area contributed by atoms with E-state index in [0.29, 0.717) is 42.3 Å². The molecule has 0 aliphatic carbocycles. The van der Waals surface area contributed by atoms with Gasteiger partial charge in [0.2, 0.25) is 0 Å². The summed E-state index contributed by atoms with van der Waals surface area (Å²) >= 11 is 1.16. The summed E-state index contributed by atoms with van der Waals surface area (Å²) in [6.45, 7) is 9.15. The summed E-state index contributed by atoms with van der Waals surface area (Å²) in [6.07, 6.45) is 4.09. The molecule has 15 heteroatoms. The van der Waals surface area contributed by atoms with Gasteiger partial charge in [-0.1, -0.05) is 0 Å². The molecule has 4 heterocycles. The number of anilines is 3. The van der Waals surface area contributed by atoms with Gasteiger partial charge in [0.15, 0.2) is 11.5 Å². The normalized spacial score (nSPS) is 19.2. The maximum absolute atomic E-state index is 13.3. The molecule has 240 valence electrons. The lowest BCUT2D eigenvalue weighted by Gasteiger charge is -2.39. The van der Waals surface area contributed by atoms with E-state index < -0.39 is 35.1 Å². The van der Waals surface area contributed by atoms with E-state index in [9.17, 15) is 19.2 Å². The fourth-order valence-electron chi connectivity index (χ4n) is 5.34. The van der Waals surface area contributed by atoms with Gasteiger partial charge in [0.05, 0.1) is 17.3 Å². The fourth-order valence-corrected chi connectivity index (χ4v) is 6.01. The van der Waals surface area contributed by atoms with Crippen molar-refractivity contribution in [2.45, 2.75) is 84.0 Å². The van der Waals surface area contributed by atoms with Crippen LogP contribution in [0.4, 0.5) is 21.4 Å². The number of hydrogen-bond donors (Lipinski definition) is 3. The first-order valence-electron chi connectivity index (χ1n) is 14.8. The molecule has 14 nitrogen and oxygen atoms in total. The van der Waals surface area contributed by atoms with Crippen molar-refractivity contribution in [3.8, 4) is 0 Å². The number of ether oxygens (including phenoxy) is 2. The van der Waals surface area contributed by atoms with Crippen LogP contribution in [0.1, 0.15) is 76.0 Å². The van der Waals surface area contributed by atoms with Crippen molar-refractivity contribution in [3.63, 3.8) is 0 Å². The van der Waals surface area contributed by atoms with Gasteiger partial charge in [-0.15, -0.1) is 0 Å². The van der Waals surface area contributed by atoms with Crippen LogP contribution in [0.3, 0.4) is 0 Å². The van der Waals surface area contributed by atoms with Gasteiger partial charge in [0, 0.05) is 45.1 Å². The molecule has 2 aromatic rings. The summed E-state index contributed by atoms with van der Waals surface area (Å²) in [5.41, 5.74) is 10.7. The van der Waals surface area contributed by atoms with E-state index in [-0.39, 0.29) is 37.1 Å². The topological polar surface area (TPSA) is 196 Å². The number of nitrogens with two attached hydrogens (primary N) is 2. The molecule has 0 radical (unpaired) electrons. The van der Waals surface area contributed by atoms with Crippen molar-refractivity contribution in [2.75, 3.05) is 36.4 Å². The van der Waals surface area contributed by atoms with Crippen molar-refractivity contribution in [2.24, 2.45) is 16.9 Å². The van der Waals surface area contributed by atoms with Gasteiger partial charge in [-0.3, -0.25) is 9.59 Å². The first-order valence-corrected chi connectivity index (χ1v) is 15.6. The minimum Gasteiger partial charge on any atom is -0.462 e. The van der Waals surface area contributed by atoms with E-state index in [1.807, 2.05) is 4.90 Å². The minimum atomic E-state index is -1.00. The van der Waals surface area contributed by atoms with E-state index in [1.54, 1.807) is 38.7 Å². The third kappa shape index (κ3) is 8.40. The van der Waals surface area contributed by atoms with Crippen LogP contribution >= 0.6 is 11.5 Å². The minimum absolute atomic E-state index is 0.00509. The highest BCUT2D eigenvalue weighted by Gasteiger charge is 2.44. The van der Waals surface area contributed by atoms with Gasteiger partial charge in [-0.05, 0) is 71.0 Å². The van der Waals surface area contributed by atoms with Crippen LogP contribution < -0.4 is 21.7 Å². The summed E-state index contributed by atoms with van der Waals surface area (Å²) < 4.78 is 15.7. The number of hydrogen-bond acceptors (Lipinski definition) is 13. The molecule has 4 rings (SSSR count). The second kappa shape index (κ2) is 13.8. The number of nitrogens with one attached hydrogen (secondary N) is 1. The number of aromatic nitrogens is 3. The largest absolute Gasteiger partial charge is 0.462 e. The van der Waals surface area contributed by atoms with Crippen LogP contribution in [0.5, 0.6) is 0 Å². The van der Waals surface area contributed by atoms with Crippen LogP contribution in [-0.4, -0.2) is 87.4 Å². The first kappa shape index (κ1) is 33.1. The maximum Gasteiger partial charge on any atom is 0.410 e. The van der Waals surface area contributed by atoms with Gasteiger partial charge in [-0.2, -0.15) is 4.37 Å². The average Bonchev–Trinajstić information content (AvgIpc) is 3.38. The highest BCUT2D eigenvalue weighted by Crippen LogP contribution is 2.37. The number of aldehydes is 1. The Kier molecular flexibility index (Phi) is 10.4. The van der Waals surface area contributed by atoms with E-state index in [1.165, 1.54) is 6.20 Å². The predicted molar refractivity (Wildman–Crippen MR) is 165 cm³/mol. The number of carbonyl (C=O) groups excluding carboxylic acids is 4. The SMILES string of the molecule is CC(Cc1cc(Nc2nc(N3CCCC(N)C3)cnc2C(N)=O)sn1)OC(=O)C1(CC=O)CCN(C(=O)OC(C)(C)C)CC1. The van der Waals surface area contributed by atoms with Crippen LogP contribution in [0.15, 0.2) is 12.3 Å². The summed E-state index contributed by atoms with van der Waals surface area (Å²) in [5, 5.41) is 3.72. The smallest absolute Gasteiger partial charge is 0.410 e. The molecule has 2 aromatic heterocycles. The second-order valence-corrected chi connectivity index (χ2v) is 13.3. The Morgan fingerprint density at radius 3 is 2.61 bits per heavy atom. The van der Waals surface area contributed by atoms with Gasteiger partial charge in [-0.25, -0.2) is 14.8 Å². The lowest BCUT2D eigenvalue weighted by atomic mass is 9.76. The molecule has 2 fully saturated rings. The molecule has 2 unspecified atom stereocenters. The number of amides is 2. The number of piperidine rings is 2. The number of rotatable bonds is 10. The first-order chi connectivity index (χ1) is 20.8. The van der Waals surface area contributed by atoms with E-state index in [0.717, 1.165) is 37.2 Å². The summed E-state index contributed by atoms with van der Waals surface area (Å²) in [5.74, 6) is -0.366. The molecule has 5 N–H and O–H groups in total. The van der Waals surface area contributed by atoms with Crippen LogP contribution in [-0.2, 0) is 25.5 Å². The lowest BCUT2D eigenvalue weighted by molar-refractivity contribution is -0.165. The molecule has 0 spiro atoms.